The maximum Gasteiger partial charge on any atom is 0.416 e. The average Bonchev–Trinajstić information content (AvgIpc) is 3.66. The number of fused-ring (bicyclic) bond motifs is 4. The second kappa shape index (κ2) is 8.52. The number of aryl methyl sites for hydroxylation is 1. The van der Waals surface area contributed by atoms with E-state index in [1.165, 1.54) is 30.9 Å². The lowest BCUT2D eigenvalue weighted by atomic mass is 9.94. The molecule has 0 saturated carbocycles. The number of hydrogen-bond donors (Lipinski definition) is 1. The molecule has 0 saturated heterocycles. The molecule has 198 valence electrons. The van der Waals surface area contributed by atoms with Crippen LogP contribution in [0.25, 0.3) is 22.8 Å². The maximum atomic E-state index is 15.0. The van der Waals surface area contributed by atoms with Gasteiger partial charge in [-0.3, -0.25) is 9.55 Å². The third kappa shape index (κ3) is 3.50. The SMILES string of the molecule is CCc1cc2c3n1CC=C(C(F)(F)F)/C3=c1\nccn\c1=C(/NCc1c(F)ccc3c1CCO3)n1cnnc1-2. The van der Waals surface area contributed by atoms with Crippen LogP contribution in [0.5, 0.6) is 5.75 Å². The molecule has 0 amide bonds. The molecule has 4 aromatic rings. The van der Waals surface area contributed by atoms with Gasteiger partial charge in [0.2, 0.25) is 0 Å². The zero-order valence-corrected chi connectivity index (χ0v) is 20.7. The number of nitrogens with one attached hydrogen (secondary N) is 1. The Kier molecular flexibility index (Phi) is 5.16. The van der Waals surface area contributed by atoms with Gasteiger partial charge in [0.05, 0.1) is 17.9 Å². The minimum absolute atomic E-state index is 0.0344. The van der Waals surface area contributed by atoms with E-state index in [-0.39, 0.29) is 29.4 Å². The number of hydrogen-bond acceptors (Lipinski definition) is 6. The van der Waals surface area contributed by atoms with Crippen molar-refractivity contribution in [3.05, 3.63) is 87.6 Å². The number of nitrogens with zero attached hydrogens (tertiary/aromatic N) is 6. The highest BCUT2D eigenvalue weighted by atomic mass is 19.4. The summed E-state index contributed by atoms with van der Waals surface area (Å²) in [6, 6.07) is 4.80. The van der Waals surface area contributed by atoms with Gasteiger partial charge in [-0.1, -0.05) is 13.0 Å². The Balaban J connectivity index is 1.54. The molecule has 0 radical (unpaired) electrons. The molecule has 8 nitrogen and oxygen atoms in total. The Morgan fingerprint density at radius 3 is 2.74 bits per heavy atom. The molecule has 0 aliphatic carbocycles. The number of alkyl halides is 3. The summed E-state index contributed by atoms with van der Waals surface area (Å²) in [5, 5.41) is 11.9. The quantitative estimate of drug-likeness (QED) is 0.405. The number of rotatable bonds is 4. The lowest BCUT2D eigenvalue weighted by Gasteiger charge is -2.25. The first-order valence-corrected chi connectivity index (χ1v) is 12.5. The molecule has 1 aromatic carbocycles. The molecule has 1 N–H and O–H groups in total. The van der Waals surface area contributed by atoms with Gasteiger partial charge in [0.1, 0.15) is 34.4 Å². The molecular weight excluding hydrogens is 514 g/mol. The van der Waals surface area contributed by atoms with Gasteiger partial charge < -0.3 is 14.6 Å². The van der Waals surface area contributed by atoms with Crippen molar-refractivity contribution in [3.63, 3.8) is 0 Å². The van der Waals surface area contributed by atoms with E-state index in [0.717, 1.165) is 11.3 Å². The van der Waals surface area contributed by atoms with Crippen LogP contribution in [0.1, 0.15) is 29.4 Å². The van der Waals surface area contributed by atoms with Crippen molar-refractivity contribution in [1.82, 2.24) is 34.6 Å². The van der Waals surface area contributed by atoms with Crippen molar-refractivity contribution in [1.29, 1.82) is 0 Å². The van der Waals surface area contributed by atoms with Crippen molar-refractivity contribution in [2.24, 2.45) is 0 Å². The van der Waals surface area contributed by atoms with E-state index in [1.807, 2.05) is 17.6 Å². The number of ether oxygens (including phenoxy) is 1. The molecule has 0 atom stereocenters. The summed E-state index contributed by atoms with van der Waals surface area (Å²) in [4.78, 5) is 8.90. The summed E-state index contributed by atoms with van der Waals surface area (Å²) in [6.07, 6.45) is 1.97. The monoisotopic (exact) mass is 535 g/mol. The highest BCUT2D eigenvalue weighted by molar-refractivity contribution is 5.88. The van der Waals surface area contributed by atoms with Crippen molar-refractivity contribution >= 4 is 11.4 Å². The maximum absolute atomic E-state index is 15.0. The predicted molar refractivity (Wildman–Crippen MR) is 132 cm³/mol. The van der Waals surface area contributed by atoms with Gasteiger partial charge in [0.15, 0.2) is 5.82 Å². The minimum Gasteiger partial charge on any atom is -0.493 e. The van der Waals surface area contributed by atoms with Crippen molar-refractivity contribution in [2.45, 2.75) is 39.0 Å². The Morgan fingerprint density at radius 2 is 1.95 bits per heavy atom. The van der Waals surface area contributed by atoms with Gasteiger partial charge >= 0.3 is 6.18 Å². The molecule has 0 unspecified atom stereocenters. The van der Waals surface area contributed by atoms with E-state index in [2.05, 4.69) is 25.5 Å². The van der Waals surface area contributed by atoms with Crippen molar-refractivity contribution < 1.29 is 22.3 Å². The highest BCUT2D eigenvalue weighted by Crippen LogP contribution is 2.43. The summed E-state index contributed by atoms with van der Waals surface area (Å²) in [6.45, 7) is 2.50. The summed E-state index contributed by atoms with van der Waals surface area (Å²) in [5.41, 5.74) is 2.06. The van der Waals surface area contributed by atoms with E-state index in [9.17, 15) is 17.6 Å². The van der Waals surface area contributed by atoms with Gasteiger partial charge in [-0.2, -0.15) is 13.2 Å². The Morgan fingerprint density at radius 1 is 1.13 bits per heavy atom. The minimum atomic E-state index is -4.63. The van der Waals surface area contributed by atoms with Crippen LogP contribution >= 0.6 is 0 Å². The summed E-state index contributed by atoms with van der Waals surface area (Å²) >= 11 is 0. The number of aromatic nitrogens is 6. The molecule has 3 aromatic heterocycles. The fourth-order valence-electron chi connectivity index (χ4n) is 5.69. The van der Waals surface area contributed by atoms with Crippen LogP contribution in [-0.4, -0.2) is 42.1 Å². The molecule has 0 spiro atoms. The highest BCUT2D eigenvalue weighted by Gasteiger charge is 2.42. The third-order valence-corrected chi connectivity index (χ3v) is 7.40. The molecule has 6 heterocycles. The second-order valence-corrected chi connectivity index (χ2v) is 9.43. The van der Waals surface area contributed by atoms with Crippen LogP contribution < -0.4 is 20.8 Å². The Bertz CT molecular complexity index is 1820. The van der Waals surface area contributed by atoms with Crippen LogP contribution in [0.2, 0.25) is 0 Å². The fraction of sp³-hybridized carbons (Fsp3) is 0.259. The van der Waals surface area contributed by atoms with Gasteiger partial charge in [-0.25, -0.2) is 9.37 Å². The number of allylic oxidation sites excluding steroid dienone is 2. The molecule has 39 heavy (non-hydrogen) atoms. The zero-order chi connectivity index (χ0) is 26.9. The normalized spacial score (nSPS) is 18.2. The van der Waals surface area contributed by atoms with Crippen LogP contribution in [0.4, 0.5) is 17.6 Å². The van der Waals surface area contributed by atoms with Gasteiger partial charge in [-0.15, -0.1) is 10.2 Å². The first kappa shape index (κ1) is 23.6. The summed E-state index contributed by atoms with van der Waals surface area (Å²) in [7, 11) is 0. The Labute approximate surface area is 219 Å². The van der Waals surface area contributed by atoms with Gasteiger partial charge in [0, 0.05) is 59.9 Å². The molecule has 12 heteroatoms. The van der Waals surface area contributed by atoms with Gasteiger partial charge in [0.25, 0.3) is 0 Å². The molecule has 3 aliphatic heterocycles. The third-order valence-electron chi connectivity index (χ3n) is 7.40. The van der Waals surface area contributed by atoms with E-state index in [4.69, 9.17) is 4.74 Å². The summed E-state index contributed by atoms with van der Waals surface area (Å²) < 4.78 is 67.5. The molecule has 7 rings (SSSR count). The number of benzene rings is 1. The number of halogens is 4. The van der Waals surface area contributed by atoms with Gasteiger partial charge in [-0.05, 0) is 24.6 Å². The summed E-state index contributed by atoms with van der Waals surface area (Å²) in [5.74, 6) is 0.861. The van der Waals surface area contributed by atoms with E-state index in [1.54, 1.807) is 10.6 Å². The van der Waals surface area contributed by atoms with Crippen LogP contribution in [0.15, 0.2) is 48.6 Å². The second-order valence-electron chi connectivity index (χ2n) is 9.43. The molecule has 3 aliphatic rings. The lowest BCUT2D eigenvalue weighted by molar-refractivity contribution is -0.0876. The first-order valence-electron chi connectivity index (χ1n) is 12.5. The molecule has 0 fully saturated rings. The van der Waals surface area contributed by atoms with Crippen LogP contribution in [0, 0.1) is 5.82 Å². The van der Waals surface area contributed by atoms with Crippen LogP contribution in [0.3, 0.4) is 0 Å². The van der Waals surface area contributed by atoms with Crippen molar-refractivity contribution in [2.75, 3.05) is 6.61 Å². The first-order chi connectivity index (χ1) is 18.9. The molecule has 0 bridgehead atoms. The molecular formula is C27H21F4N7O. The van der Waals surface area contributed by atoms with Crippen molar-refractivity contribution in [3.8, 4) is 17.1 Å². The topological polar surface area (TPSA) is 82.7 Å². The largest absolute Gasteiger partial charge is 0.493 e. The lowest BCUT2D eigenvalue weighted by Crippen LogP contribution is -2.43. The standard InChI is InChI=1S/C27H21F4N7O/c1-2-14-11-16-24-21(18(27(29,30)31)5-9-37(14)24)22-23(33-8-7-32-22)26(38-13-35-36-25(16)38)34-12-17-15-6-10-39-20(15)4-3-19(17)28/h3-5,7-8,11,13,34H,2,6,9-10,12H2,1H3/b22-21+,26-23+. The van der Waals surface area contributed by atoms with Crippen LogP contribution in [-0.2, 0) is 25.9 Å². The van der Waals surface area contributed by atoms with E-state index in [0.29, 0.717) is 53.7 Å². The predicted octanol–water partition coefficient (Wildman–Crippen LogP) is 2.59. The fourth-order valence-corrected chi connectivity index (χ4v) is 5.69. The van der Waals surface area contributed by atoms with E-state index >= 15 is 0 Å². The van der Waals surface area contributed by atoms with E-state index < -0.39 is 17.6 Å². The Hall–Kier alpha value is -4.48. The smallest absolute Gasteiger partial charge is 0.416 e. The zero-order valence-electron chi connectivity index (χ0n) is 20.7. The average molecular weight is 536 g/mol.